The van der Waals surface area contributed by atoms with Gasteiger partial charge in [0.1, 0.15) is 5.82 Å². The summed E-state index contributed by atoms with van der Waals surface area (Å²) in [7, 11) is 2.04. The summed E-state index contributed by atoms with van der Waals surface area (Å²) in [5, 5.41) is 0. The summed E-state index contributed by atoms with van der Waals surface area (Å²) in [6.45, 7) is 4.15. The van der Waals surface area contributed by atoms with Crippen LogP contribution in [0.5, 0.6) is 0 Å². The van der Waals surface area contributed by atoms with Crippen molar-refractivity contribution in [3.05, 3.63) is 77.5 Å². The molecule has 1 aliphatic heterocycles. The minimum atomic E-state index is 0.0588. The minimum Gasteiger partial charge on any atom is -0.360 e. The first-order valence-corrected chi connectivity index (χ1v) is 9.68. The molecule has 0 unspecified atom stereocenters. The van der Waals surface area contributed by atoms with Crippen molar-refractivity contribution >= 4 is 11.7 Å². The van der Waals surface area contributed by atoms with Gasteiger partial charge in [0.25, 0.3) is 5.91 Å². The van der Waals surface area contributed by atoms with Crippen LogP contribution in [0.2, 0.25) is 0 Å². The van der Waals surface area contributed by atoms with E-state index in [4.69, 9.17) is 9.97 Å². The number of nitrogens with zero attached hydrogens (tertiary/aromatic N) is 4. The molecule has 1 aliphatic rings. The fourth-order valence-corrected chi connectivity index (χ4v) is 3.52. The van der Waals surface area contributed by atoms with Crippen LogP contribution in [0.25, 0.3) is 11.4 Å². The zero-order chi connectivity index (χ0) is 19.5. The van der Waals surface area contributed by atoms with E-state index in [1.54, 1.807) is 0 Å². The highest BCUT2D eigenvalue weighted by Gasteiger charge is 2.27. The summed E-state index contributed by atoms with van der Waals surface area (Å²) in [6.07, 6.45) is 0.737. The molecular weight excluding hydrogens is 348 g/mol. The Kier molecular flexibility index (Phi) is 5.06. The van der Waals surface area contributed by atoms with Crippen LogP contribution in [0.3, 0.4) is 0 Å². The lowest BCUT2D eigenvalue weighted by Crippen LogP contribution is -2.37. The van der Waals surface area contributed by atoms with Gasteiger partial charge in [0, 0.05) is 43.2 Å². The van der Waals surface area contributed by atoms with Crippen LogP contribution >= 0.6 is 0 Å². The van der Waals surface area contributed by atoms with Gasteiger partial charge in [0.2, 0.25) is 0 Å². The van der Waals surface area contributed by atoms with Gasteiger partial charge < -0.3 is 9.80 Å². The van der Waals surface area contributed by atoms with Gasteiger partial charge in [-0.05, 0) is 19.1 Å². The first kappa shape index (κ1) is 18.2. The molecule has 0 saturated carbocycles. The molecule has 0 aliphatic carbocycles. The molecule has 5 heteroatoms. The number of rotatable bonds is 4. The topological polar surface area (TPSA) is 49.3 Å². The number of hydrogen-bond acceptors (Lipinski definition) is 4. The Balaban J connectivity index is 1.71. The molecule has 2 heterocycles. The van der Waals surface area contributed by atoms with Crippen LogP contribution in [0, 0.1) is 0 Å². The monoisotopic (exact) mass is 372 g/mol. The van der Waals surface area contributed by atoms with Crippen LogP contribution in [0.4, 0.5) is 5.82 Å². The molecule has 2 aromatic carbocycles. The van der Waals surface area contributed by atoms with Crippen molar-refractivity contribution in [1.82, 2.24) is 14.9 Å². The third-order valence-electron chi connectivity index (χ3n) is 5.21. The fraction of sp³-hybridized carbons (Fsp3) is 0.261. The number of fused-ring (bicyclic) bond motifs is 1. The van der Waals surface area contributed by atoms with E-state index in [-0.39, 0.29) is 5.91 Å². The van der Waals surface area contributed by atoms with Gasteiger partial charge in [-0.2, -0.15) is 0 Å². The van der Waals surface area contributed by atoms with Crippen molar-refractivity contribution in [1.29, 1.82) is 0 Å². The first-order valence-electron chi connectivity index (χ1n) is 9.68. The molecule has 0 saturated heterocycles. The van der Waals surface area contributed by atoms with E-state index in [0.29, 0.717) is 13.1 Å². The maximum atomic E-state index is 12.9. The Hall–Kier alpha value is -3.21. The lowest BCUT2D eigenvalue weighted by atomic mass is 10.0. The summed E-state index contributed by atoms with van der Waals surface area (Å²) in [4.78, 5) is 26.7. The second-order valence-corrected chi connectivity index (χ2v) is 7.02. The summed E-state index contributed by atoms with van der Waals surface area (Å²) >= 11 is 0. The average Bonchev–Trinajstić information content (AvgIpc) is 2.78. The Labute approximate surface area is 165 Å². The molecule has 142 valence electrons. The second kappa shape index (κ2) is 7.80. The van der Waals surface area contributed by atoms with Crippen molar-refractivity contribution in [3.8, 4) is 11.4 Å². The molecule has 0 spiro atoms. The average molecular weight is 372 g/mol. The molecule has 5 nitrogen and oxygen atoms in total. The fourth-order valence-electron chi connectivity index (χ4n) is 3.52. The molecule has 0 radical (unpaired) electrons. The predicted octanol–water partition coefficient (Wildman–Crippen LogP) is 3.80. The highest BCUT2D eigenvalue weighted by Crippen LogP contribution is 2.29. The van der Waals surface area contributed by atoms with Crippen molar-refractivity contribution < 1.29 is 4.79 Å². The number of hydrogen-bond donors (Lipinski definition) is 0. The third-order valence-corrected chi connectivity index (χ3v) is 5.21. The van der Waals surface area contributed by atoms with E-state index in [1.807, 2.05) is 72.6 Å². The van der Waals surface area contributed by atoms with Gasteiger partial charge >= 0.3 is 0 Å². The van der Waals surface area contributed by atoms with E-state index in [2.05, 4.69) is 11.8 Å². The Bertz CT molecular complexity index is 973. The quantitative estimate of drug-likeness (QED) is 0.699. The molecule has 0 bridgehead atoms. The Morgan fingerprint density at radius 1 is 1.04 bits per heavy atom. The molecule has 0 atom stereocenters. The Morgan fingerprint density at radius 3 is 2.39 bits per heavy atom. The van der Waals surface area contributed by atoms with Crippen molar-refractivity contribution in [3.63, 3.8) is 0 Å². The van der Waals surface area contributed by atoms with E-state index in [0.717, 1.165) is 47.0 Å². The predicted molar refractivity (Wildman–Crippen MR) is 111 cm³/mol. The van der Waals surface area contributed by atoms with Crippen LogP contribution in [-0.2, 0) is 13.0 Å². The molecule has 0 fully saturated rings. The lowest BCUT2D eigenvalue weighted by molar-refractivity contribution is 0.0733. The number of anilines is 1. The van der Waals surface area contributed by atoms with Gasteiger partial charge in [-0.15, -0.1) is 0 Å². The highest BCUT2D eigenvalue weighted by molar-refractivity contribution is 5.94. The van der Waals surface area contributed by atoms with Gasteiger partial charge in [-0.1, -0.05) is 48.5 Å². The normalized spacial score (nSPS) is 13.1. The molecule has 0 N–H and O–H groups in total. The molecular formula is C23H24N4O. The van der Waals surface area contributed by atoms with Crippen LogP contribution in [0.1, 0.15) is 28.5 Å². The van der Waals surface area contributed by atoms with Crippen molar-refractivity contribution in [2.45, 2.75) is 19.9 Å². The lowest BCUT2D eigenvalue weighted by Gasteiger charge is -2.31. The smallest absolute Gasteiger partial charge is 0.254 e. The van der Waals surface area contributed by atoms with Gasteiger partial charge in [0.05, 0.1) is 12.2 Å². The maximum absolute atomic E-state index is 12.9. The number of aromatic nitrogens is 2. The molecule has 1 amide bonds. The number of benzene rings is 2. The van der Waals surface area contributed by atoms with Gasteiger partial charge in [-0.25, -0.2) is 9.97 Å². The van der Waals surface area contributed by atoms with Crippen LogP contribution in [-0.4, -0.2) is 40.9 Å². The van der Waals surface area contributed by atoms with Gasteiger partial charge in [-0.3, -0.25) is 4.79 Å². The minimum absolute atomic E-state index is 0.0588. The van der Waals surface area contributed by atoms with Crippen molar-refractivity contribution in [2.24, 2.45) is 0 Å². The standard InChI is InChI=1S/C23H24N4O/c1-3-26(2)22-19-16-27(23(28)18-12-8-5-9-13-18)15-14-20(19)24-21(25-22)17-10-6-4-7-11-17/h4-13H,3,14-16H2,1-2H3. The molecule has 1 aromatic heterocycles. The molecule has 3 aromatic rings. The summed E-state index contributed by atoms with van der Waals surface area (Å²) in [5.41, 5.74) is 3.83. The largest absolute Gasteiger partial charge is 0.360 e. The van der Waals surface area contributed by atoms with E-state index in [1.165, 1.54) is 0 Å². The van der Waals surface area contributed by atoms with E-state index >= 15 is 0 Å². The van der Waals surface area contributed by atoms with Gasteiger partial charge in [0.15, 0.2) is 5.82 Å². The summed E-state index contributed by atoms with van der Waals surface area (Å²) in [5.74, 6) is 1.72. The third kappa shape index (κ3) is 3.48. The summed E-state index contributed by atoms with van der Waals surface area (Å²) in [6, 6.07) is 19.5. The molecule has 4 rings (SSSR count). The second-order valence-electron chi connectivity index (χ2n) is 7.02. The number of amides is 1. The van der Waals surface area contributed by atoms with E-state index in [9.17, 15) is 4.79 Å². The van der Waals surface area contributed by atoms with Crippen LogP contribution < -0.4 is 4.90 Å². The highest BCUT2D eigenvalue weighted by atomic mass is 16.2. The van der Waals surface area contributed by atoms with E-state index < -0.39 is 0 Å². The number of carbonyl (C=O) groups is 1. The van der Waals surface area contributed by atoms with Crippen molar-refractivity contribution in [2.75, 3.05) is 25.0 Å². The SMILES string of the molecule is CCN(C)c1nc(-c2ccccc2)nc2c1CN(C(=O)c1ccccc1)CC2. The maximum Gasteiger partial charge on any atom is 0.254 e. The molecule has 28 heavy (non-hydrogen) atoms. The van der Waals surface area contributed by atoms with Crippen LogP contribution in [0.15, 0.2) is 60.7 Å². The number of carbonyl (C=O) groups excluding carboxylic acids is 1. The zero-order valence-corrected chi connectivity index (χ0v) is 16.3. The zero-order valence-electron chi connectivity index (χ0n) is 16.3. The first-order chi connectivity index (χ1) is 13.7. The Morgan fingerprint density at radius 2 is 1.71 bits per heavy atom. The summed E-state index contributed by atoms with van der Waals surface area (Å²) < 4.78 is 0.